The first-order chi connectivity index (χ1) is 8.58. The molecular weight excluding hydrogens is 266 g/mol. The maximum absolute atomic E-state index is 10.7. The van der Waals surface area contributed by atoms with E-state index in [9.17, 15) is 4.79 Å². The third-order valence-corrected chi connectivity index (χ3v) is 2.11. The van der Waals surface area contributed by atoms with E-state index in [1.807, 2.05) is 30.3 Å². The molecule has 0 spiro atoms. The molecule has 0 atom stereocenters. The Morgan fingerprint density at radius 3 is 2.32 bits per heavy atom. The van der Waals surface area contributed by atoms with Gasteiger partial charge in [0.25, 0.3) is 0 Å². The zero-order valence-electron chi connectivity index (χ0n) is 10.6. The lowest BCUT2D eigenvalue weighted by Gasteiger charge is -2.11. The Balaban J connectivity index is 0.00000324. The van der Waals surface area contributed by atoms with E-state index in [0.717, 1.165) is 6.42 Å². The van der Waals surface area contributed by atoms with E-state index >= 15 is 0 Å². The Kier molecular flexibility index (Phi) is 7.95. The highest BCUT2D eigenvalue weighted by Crippen LogP contribution is 1.97. The smallest absolute Gasteiger partial charge is 0.223 e. The normalized spacial score (nSPS) is 8.89. The summed E-state index contributed by atoms with van der Waals surface area (Å²) in [6, 6.07) is 9.90. The first-order valence-electron chi connectivity index (χ1n) is 5.57. The second-order valence-corrected chi connectivity index (χ2v) is 3.72. The highest BCUT2D eigenvalue weighted by molar-refractivity contribution is 6.02. The van der Waals surface area contributed by atoms with E-state index in [4.69, 9.17) is 10.8 Å². The second kappa shape index (κ2) is 8.93. The molecule has 19 heavy (non-hydrogen) atoms. The number of benzene rings is 1. The van der Waals surface area contributed by atoms with Gasteiger partial charge >= 0.3 is 0 Å². The molecule has 0 aliphatic heterocycles. The quantitative estimate of drug-likeness (QED) is 0.420. The minimum Gasteiger partial charge on any atom is -0.356 e. The van der Waals surface area contributed by atoms with Crippen LogP contribution >= 0.6 is 12.4 Å². The summed E-state index contributed by atoms with van der Waals surface area (Å²) < 4.78 is 0. The molecule has 1 rings (SSSR count). The van der Waals surface area contributed by atoms with Crippen molar-refractivity contribution in [2.75, 3.05) is 6.54 Å². The zero-order valence-corrected chi connectivity index (χ0v) is 11.4. The molecule has 0 saturated carbocycles. The Bertz CT molecular complexity index is 435. The molecule has 1 aromatic carbocycles. The predicted octanol–water partition coefficient (Wildman–Crippen LogP) is 0.836. The van der Waals surface area contributed by atoms with Crippen molar-refractivity contribution in [3.8, 4) is 0 Å². The minimum absolute atomic E-state index is 0. The number of halogens is 1. The standard InChI is InChI=1S/C12H17N5O.ClH/c1-9(18)16-12(14)17-11(13)15-8-7-10-5-3-2-4-6-10;/h2-6H,7-8H2,1H3,(H5,13,14,15,16,17,18);1H. The van der Waals surface area contributed by atoms with Crippen molar-refractivity contribution in [2.24, 2.45) is 0 Å². The van der Waals surface area contributed by atoms with Gasteiger partial charge in [0.2, 0.25) is 11.9 Å². The van der Waals surface area contributed by atoms with Crippen LogP contribution in [0.3, 0.4) is 0 Å². The largest absolute Gasteiger partial charge is 0.356 e. The van der Waals surface area contributed by atoms with Gasteiger partial charge < -0.3 is 5.32 Å². The summed E-state index contributed by atoms with van der Waals surface area (Å²) in [6.07, 6.45) is 0.790. The molecule has 0 heterocycles. The van der Waals surface area contributed by atoms with Crippen LogP contribution in [-0.4, -0.2) is 24.4 Å². The third kappa shape index (κ3) is 7.77. The Labute approximate surface area is 118 Å². The maximum Gasteiger partial charge on any atom is 0.223 e. The van der Waals surface area contributed by atoms with Gasteiger partial charge in [0, 0.05) is 13.5 Å². The summed E-state index contributed by atoms with van der Waals surface area (Å²) in [6.45, 7) is 1.89. The van der Waals surface area contributed by atoms with E-state index in [1.54, 1.807) is 0 Å². The van der Waals surface area contributed by atoms with Crippen molar-refractivity contribution < 1.29 is 4.79 Å². The average Bonchev–Trinajstić information content (AvgIpc) is 2.29. The molecule has 0 saturated heterocycles. The molecule has 0 bridgehead atoms. The fourth-order valence-corrected chi connectivity index (χ4v) is 1.35. The topological polar surface area (TPSA) is 101 Å². The highest BCUT2D eigenvalue weighted by Gasteiger charge is 2.01. The molecule has 1 aromatic rings. The fraction of sp³-hybridized carbons (Fsp3) is 0.250. The Morgan fingerprint density at radius 1 is 1.11 bits per heavy atom. The number of rotatable bonds is 3. The summed E-state index contributed by atoms with van der Waals surface area (Å²) in [5.41, 5.74) is 1.18. The van der Waals surface area contributed by atoms with Gasteiger partial charge in [0.05, 0.1) is 0 Å². The summed E-state index contributed by atoms with van der Waals surface area (Å²) in [7, 11) is 0. The molecule has 0 unspecified atom stereocenters. The SMILES string of the molecule is CC(=O)NC(=N)NC(=N)NCCc1ccccc1.Cl. The molecule has 0 fully saturated rings. The molecule has 7 heteroatoms. The average molecular weight is 284 g/mol. The second-order valence-electron chi connectivity index (χ2n) is 3.72. The van der Waals surface area contributed by atoms with Crippen LogP contribution in [0.25, 0.3) is 0 Å². The van der Waals surface area contributed by atoms with Crippen molar-refractivity contribution in [3.63, 3.8) is 0 Å². The van der Waals surface area contributed by atoms with Crippen LogP contribution < -0.4 is 16.0 Å². The van der Waals surface area contributed by atoms with E-state index in [2.05, 4.69) is 16.0 Å². The molecule has 104 valence electrons. The van der Waals surface area contributed by atoms with Crippen LogP contribution in [0.4, 0.5) is 0 Å². The van der Waals surface area contributed by atoms with Crippen LogP contribution in [0.5, 0.6) is 0 Å². The van der Waals surface area contributed by atoms with Gasteiger partial charge in [-0.3, -0.25) is 26.2 Å². The summed E-state index contributed by atoms with van der Waals surface area (Å²) >= 11 is 0. The zero-order chi connectivity index (χ0) is 13.4. The highest BCUT2D eigenvalue weighted by atomic mass is 35.5. The first-order valence-corrected chi connectivity index (χ1v) is 5.57. The summed E-state index contributed by atoms with van der Waals surface area (Å²) in [4.78, 5) is 10.7. The summed E-state index contributed by atoms with van der Waals surface area (Å²) in [5.74, 6) is -0.561. The number of nitrogens with one attached hydrogen (secondary N) is 5. The van der Waals surface area contributed by atoms with Gasteiger partial charge in [0.1, 0.15) is 0 Å². The van der Waals surface area contributed by atoms with Crippen LogP contribution in [-0.2, 0) is 11.2 Å². The molecule has 0 aliphatic carbocycles. The van der Waals surface area contributed by atoms with Crippen molar-refractivity contribution in [2.45, 2.75) is 13.3 Å². The van der Waals surface area contributed by atoms with Gasteiger partial charge in [-0.15, -0.1) is 12.4 Å². The monoisotopic (exact) mass is 283 g/mol. The Hall–Kier alpha value is -2.08. The fourth-order valence-electron chi connectivity index (χ4n) is 1.35. The lowest BCUT2D eigenvalue weighted by molar-refractivity contribution is -0.117. The lowest BCUT2D eigenvalue weighted by atomic mass is 10.1. The number of hydrogen-bond donors (Lipinski definition) is 5. The van der Waals surface area contributed by atoms with Crippen LogP contribution in [0.2, 0.25) is 0 Å². The van der Waals surface area contributed by atoms with Gasteiger partial charge in [0.15, 0.2) is 5.96 Å². The maximum atomic E-state index is 10.7. The number of guanidine groups is 2. The molecule has 6 nitrogen and oxygen atoms in total. The molecule has 0 aromatic heterocycles. The van der Waals surface area contributed by atoms with Crippen LogP contribution in [0, 0.1) is 10.8 Å². The third-order valence-electron chi connectivity index (χ3n) is 2.11. The van der Waals surface area contributed by atoms with E-state index < -0.39 is 0 Å². The molecule has 0 radical (unpaired) electrons. The van der Waals surface area contributed by atoms with E-state index in [-0.39, 0.29) is 30.2 Å². The molecule has 0 aliphatic rings. The number of carbonyl (C=O) groups excluding carboxylic acids is 1. The predicted molar refractivity (Wildman–Crippen MR) is 77.8 cm³/mol. The van der Waals surface area contributed by atoms with Gasteiger partial charge in [-0.2, -0.15) is 0 Å². The number of hydrogen-bond acceptors (Lipinski definition) is 3. The molecule has 1 amide bonds. The Morgan fingerprint density at radius 2 is 1.74 bits per heavy atom. The van der Waals surface area contributed by atoms with Gasteiger partial charge in [-0.1, -0.05) is 30.3 Å². The molecule has 5 N–H and O–H groups in total. The van der Waals surface area contributed by atoms with Crippen molar-refractivity contribution >= 4 is 30.2 Å². The van der Waals surface area contributed by atoms with Gasteiger partial charge in [-0.25, -0.2) is 0 Å². The van der Waals surface area contributed by atoms with Crippen LogP contribution in [0.15, 0.2) is 30.3 Å². The van der Waals surface area contributed by atoms with Crippen molar-refractivity contribution in [1.82, 2.24) is 16.0 Å². The van der Waals surface area contributed by atoms with Gasteiger partial charge in [-0.05, 0) is 12.0 Å². The van der Waals surface area contributed by atoms with Crippen molar-refractivity contribution in [3.05, 3.63) is 35.9 Å². The molecular formula is C12H18ClN5O. The lowest BCUT2D eigenvalue weighted by Crippen LogP contribution is -2.47. The van der Waals surface area contributed by atoms with E-state index in [1.165, 1.54) is 12.5 Å². The van der Waals surface area contributed by atoms with Crippen LogP contribution in [0.1, 0.15) is 12.5 Å². The van der Waals surface area contributed by atoms with E-state index in [0.29, 0.717) is 6.54 Å². The minimum atomic E-state index is -0.343. The first kappa shape index (κ1) is 16.9. The number of amides is 1. The number of carbonyl (C=O) groups is 1. The summed E-state index contributed by atoms with van der Waals surface area (Å²) in [5, 5.41) is 22.3. The van der Waals surface area contributed by atoms with Crippen molar-refractivity contribution in [1.29, 1.82) is 10.8 Å².